The predicted octanol–water partition coefficient (Wildman–Crippen LogP) is 3.55. The van der Waals surface area contributed by atoms with Crippen molar-refractivity contribution in [1.82, 2.24) is 10.3 Å². The minimum absolute atomic E-state index is 0.0109. The number of aromatic nitrogens is 1. The largest absolute Gasteiger partial charge is 0.322 e. The van der Waals surface area contributed by atoms with Crippen LogP contribution in [0.5, 0.6) is 0 Å². The lowest BCUT2D eigenvalue weighted by Crippen LogP contribution is -2.28. The SMILES string of the molecule is CCC(C)NCc1ccc(-c2ccc(C)cc2C)[nH]c1=O. The summed E-state index contributed by atoms with van der Waals surface area (Å²) >= 11 is 0. The first kappa shape index (κ1) is 15.5. The van der Waals surface area contributed by atoms with Crippen LogP contribution in [-0.2, 0) is 6.54 Å². The Morgan fingerprint density at radius 2 is 1.95 bits per heavy atom. The van der Waals surface area contributed by atoms with Crippen molar-refractivity contribution >= 4 is 0 Å². The molecule has 3 nitrogen and oxygen atoms in total. The van der Waals surface area contributed by atoms with Gasteiger partial charge in [0.25, 0.3) is 5.56 Å². The van der Waals surface area contributed by atoms with Crippen LogP contribution in [0.3, 0.4) is 0 Å². The molecule has 2 rings (SSSR count). The van der Waals surface area contributed by atoms with Crippen LogP contribution in [0, 0.1) is 13.8 Å². The zero-order valence-electron chi connectivity index (χ0n) is 13.3. The standard InChI is InChI=1S/C18H24N2O/c1-5-14(4)19-11-15-7-9-17(20-18(15)21)16-8-6-12(2)10-13(16)3/h6-10,14,19H,5,11H2,1-4H3,(H,20,21). The molecule has 0 fully saturated rings. The molecule has 1 aromatic carbocycles. The maximum Gasteiger partial charge on any atom is 0.252 e. The molecule has 0 aliphatic carbocycles. The lowest BCUT2D eigenvalue weighted by molar-refractivity contribution is 0.532. The summed E-state index contributed by atoms with van der Waals surface area (Å²) in [7, 11) is 0. The summed E-state index contributed by atoms with van der Waals surface area (Å²) in [5, 5.41) is 3.35. The normalized spacial score (nSPS) is 12.4. The maximum atomic E-state index is 12.2. The van der Waals surface area contributed by atoms with E-state index in [2.05, 4.69) is 56.2 Å². The van der Waals surface area contributed by atoms with E-state index in [-0.39, 0.29) is 5.56 Å². The van der Waals surface area contributed by atoms with Gasteiger partial charge in [-0.05, 0) is 38.8 Å². The van der Waals surface area contributed by atoms with Crippen LogP contribution in [0.25, 0.3) is 11.3 Å². The smallest absolute Gasteiger partial charge is 0.252 e. The van der Waals surface area contributed by atoms with E-state index >= 15 is 0 Å². The number of aromatic amines is 1. The lowest BCUT2D eigenvalue weighted by atomic mass is 10.0. The molecule has 2 aromatic rings. The third-order valence-corrected chi connectivity index (χ3v) is 3.92. The van der Waals surface area contributed by atoms with E-state index < -0.39 is 0 Å². The molecule has 0 radical (unpaired) electrons. The Balaban J connectivity index is 2.24. The topological polar surface area (TPSA) is 44.9 Å². The molecule has 0 bridgehead atoms. The van der Waals surface area contributed by atoms with Crippen LogP contribution in [0.4, 0.5) is 0 Å². The van der Waals surface area contributed by atoms with Crippen molar-refractivity contribution in [3.63, 3.8) is 0 Å². The van der Waals surface area contributed by atoms with Crippen molar-refractivity contribution in [1.29, 1.82) is 0 Å². The second-order valence-corrected chi connectivity index (χ2v) is 5.73. The highest BCUT2D eigenvalue weighted by molar-refractivity contribution is 5.63. The number of hydrogen-bond donors (Lipinski definition) is 2. The summed E-state index contributed by atoms with van der Waals surface area (Å²) in [6, 6.07) is 10.6. The first-order valence-corrected chi connectivity index (χ1v) is 7.54. The second-order valence-electron chi connectivity index (χ2n) is 5.73. The predicted molar refractivity (Wildman–Crippen MR) is 88.6 cm³/mol. The van der Waals surface area contributed by atoms with Crippen LogP contribution in [0.1, 0.15) is 37.0 Å². The van der Waals surface area contributed by atoms with Gasteiger partial charge in [0, 0.05) is 29.4 Å². The highest BCUT2D eigenvalue weighted by Gasteiger charge is 2.06. The molecule has 1 unspecified atom stereocenters. The molecule has 112 valence electrons. The van der Waals surface area contributed by atoms with Crippen molar-refractivity contribution in [2.24, 2.45) is 0 Å². The molecular weight excluding hydrogens is 260 g/mol. The van der Waals surface area contributed by atoms with Crippen LogP contribution in [0.2, 0.25) is 0 Å². The lowest BCUT2D eigenvalue weighted by Gasteiger charge is -2.11. The first-order valence-electron chi connectivity index (χ1n) is 7.54. The van der Waals surface area contributed by atoms with Crippen LogP contribution < -0.4 is 10.9 Å². The van der Waals surface area contributed by atoms with E-state index in [9.17, 15) is 4.79 Å². The number of H-pyrrole nitrogens is 1. The average Bonchev–Trinajstić information content (AvgIpc) is 2.45. The van der Waals surface area contributed by atoms with E-state index in [1.54, 1.807) is 0 Å². The summed E-state index contributed by atoms with van der Waals surface area (Å²) in [6.07, 6.45) is 1.05. The molecule has 3 heteroatoms. The zero-order valence-corrected chi connectivity index (χ0v) is 13.3. The van der Waals surface area contributed by atoms with E-state index in [1.807, 2.05) is 12.1 Å². The van der Waals surface area contributed by atoms with Crippen LogP contribution in [0.15, 0.2) is 35.1 Å². The quantitative estimate of drug-likeness (QED) is 0.882. The van der Waals surface area contributed by atoms with Gasteiger partial charge in [-0.3, -0.25) is 4.79 Å². The fraction of sp³-hybridized carbons (Fsp3) is 0.389. The Kier molecular flexibility index (Phi) is 4.97. The molecule has 0 spiro atoms. The van der Waals surface area contributed by atoms with Gasteiger partial charge in [0.2, 0.25) is 0 Å². The third-order valence-electron chi connectivity index (χ3n) is 3.92. The Morgan fingerprint density at radius 3 is 2.57 bits per heavy atom. The molecule has 0 saturated carbocycles. The van der Waals surface area contributed by atoms with Crippen molar-refractivity contribution in [3.05, 3.63) is 57.4 Å². The molecule has 1 atom stereocenters. The van der Waals surface area contributed by atoms with Gasteiger partial charge < -0.3 is 10.3 Å². The highest BCUT2D eigenvalue weighted by atomic mass is 16.1. The molecule has 2 N–H and O–H groups in total. The molecule has 1 aromatic heterocycles. The summed E-state index contributed by atoms with van der Waals surface area (Å²) in [5.41, 5.74) is 5.14. The highest BCUT2D eigenvalue weighted by Crippen LogP contribution is 2.21. The van der Waals surface area contributed by atoms with Gasteiger partial charge in [0.1, 0.15) is 0 Å². The number of aryl methyl sites for hydroxylation is 2. The fourth-order valence-corrected chi connectivity index (χ4v) is 2.34. The van der Waals surface area contributed by atoms with Gasteiger partial charge in [-0.25, -0.2) is 0 Å². The third kappa shape index (κ3) is 3.82. The van der Waals surface area contributed by atoms with Crippen LogP contribution >= 0.6 is 0 Å². The van der Waals surface area contributed by atoms with Gasteiger partial charge in [0.15, 0.2) is 0 Å². The summed E-state index contributed by atoms with van der Waals surface area (Å²) < 4.78 is 0. The number of pyridine rings is 1. The van der Waals surface area contributed by atoms with Gasteiger partial charge in [-0.15, -0.1) is 0 Å². The maximum absolute atomic E-state index is 12.2. The monoisotopic (exact) mass is 284 g/mol. The van der Waals surface area contributed by atoms with Crippen LogP contribution in [-0.4, -0.2) is 11.0 Å². The number of rotatable bonds is 5. The van der Waals surface area contributed by atoms with E-state index in [0.717, 1.165) is 23.2 Å². The number of nitrogens with one attached hydrogen (secondary N) is 2. The van der Waals surface area contributed by atoms with Crippen molar-refractivity contribution < 1.29 is 0 Å². The first-order chi connectivity index (χ1) is 10.0. The van der Waals surface area contributed by atoms with Crippen molar-refractivity contribution in [2.45, 2.75) is 46.7 Å². The molecule has 1 heterocycles. The average molecular weight is 284 g/mol. The molecular formula is C18H24N2O. The summed E-state index contributed by atoms with van der Waals surface area (Å²) in [5.74, 6) is 0. The summed E-state index contributed by atoms with van der Waals surface area (Å²) in [6.45, 7) is 9.00. The molecule has 0 aliphatic rings. The van der Waals surface area contributed by atoms with E-state index in [1.165, 1.54) is 11.1 Å². The summed E-state index contributed by atoms with van der Waals surface area (Å²) in [4.78, 5) is 15.2. The van der Waals surface area contributed by atoms with Crippen molar-refractivity contribution in [3.8, 4) is 11.3 Å². The van der Waals surface area contributed by atoms with Crippen molar-refractivity contribution in [2.75, 3.05) is 0 Å². The molecule has 0 amide bonds. The Hall–Kier alpha value is -1.87. The van der Waals surface area contributed by atoms with E-state index in [4.69, 9.17) is 0 Å². The number of hydrogen-bond acceptors (Lipinski definition) is 2. The molecule has 21 heavy (non-hydrogen) atoms. The minimum atomic E-state index is -0.0109. The van der Waals surface area contributed by atoms with Gasteiger partial charge in [-0.1, -0.05) is 36.8 Å². The molecule has 0 saturated heterocycles. The van der Waals surface area contributed by atoms with Gasteiger partial charge in [0.05, 0.1) is 0 Å². The Bertz CT molecular complexity index is 673. The molecule has 0 aliphatic heterocycles. The fourth-order valence-electron chi connectivity index (χ4n) is 2.34. The Labute approximate surface area is 126 Å². The minimum Gasteiger partial charge on any atom is -0.322 e. The van der Waals surface area contributed by atoms with E-state index in [0.29, 0.717) is 12.6 Å². The number of benzene rings is 1. The Morgan fingerprint density at radius 1 is 1.19 bits per heavy atom. The van der Waals surface area contributed by atoms with Gasteiger partial charge >= 0.3 is 0 Å². The zero-order chi connectivity index (χ0) is 15.4. The van der Waals surface area contributed by atoms with Gasteiger partial charge in [-0.2, -0.15) is 0 Å². The second kappa shape index (κ2) is 6.72.